The van der Waals surface area contributed by atoms with Gasteiger partial charge in [-0.1, -0.05) is 0 Å². The third kappa shape index (κ3) is 5.20. The van der Waals surface area contributed by atoms with Gasteiger partial charge in [0, 0.05) is 6.04 Å². The van der Waals surface area contributed by atoms with Crippen molar-refractivity contribution in [3.63, 3.8) is 0 Å². The molecule has 5 atom stereocenters. The molecule has 196 valence electrons. The fourth-order valence-electron chi connectivity index (χ4n) is 5.60. The first-order valence-corrected chi connectivity index (χ1v) is 12.9. The Morgan fingerprint density at radius 2 is 1.91 bits per heavy atom. The monoisotopic (exact) mass is 495 g/mol. The van der Waals surface area contributed by atoms with E-state index in [1.165, 1.54) is 0 Å². The molecule has 0 bridgehead atoms. The summed E-state index contributed by atoms with van der Waals surface area (Å²) >= 11 is 0. The molecule has 2 aliphatic carbocycles. The Balaban J connectivity index is 1.38. The van der Waals surface area contributed by atoms with Crippen LogP contribution in [0.5, 0.6) is 0 Å². The van der Waals surface area contributed by atoms with E-state index in [2.05, 4.69) is 15.6 Å². The predicted octanol–water partition coefficient (Wildman–Crippen LogP) is 2.63. The third-order valence-electron chi connectivity index (χ3n) is 7.98. The van der Waals surface area contributed by atoms with Gasteiger partial charge in [-0.25, -0.2) is 14.4 Å². The Kier molecular flexibility index (Phi) is 7.06. The number of fused-ring (bicyclic) bond motifs is 1. The molecule has 4 aliphatic rings. The fraction of sp³-hybridized carbons (Fsp3) is 0.833. The minimum atomic E-state index is -1.13. The highest BCUT2D eigenvalue weighted by Gasteiger charge is 2.45. The van der Waals surface area contributed by atoms with Crippen molar-refractivity contribution >= 4 is 18.1 Å². The van der Waals surface area contributed by atoms with E-state index in [1.807, 2.05) is 6.92 Å². The van der Waals surface area contributed by atoms with Gasteiger partial charge in [-0.2, -0.15) is 0 Å². The number of imidazole rings is 1. The van der Waals surface area contributed by atoms with Crippen molar-refractivity contribution in [2.45, 2.75) is 114 Å². The largest absolute Gasteiger partial charge is 0.390 e. The lowest BCUT2D eigenvalue weighted by Crippen LogP contribution is -2.37. The number of halogens is 1. The first kappa shape index (κ1) is 24.9. The molecule has 35 heavy (non-hydrogen) atoms. The molecule has 11 heteroatoms. The van der Waals surface area contributed by atoms with Crippen LogP contribution in [0.2, 0.25) is 0 Å². The summed E-state index contributed by atoms with van der Waals surface area (Å²) in [7, 11) is 0. The van der Waals surface area contributed by atoms with E-state index in [1.54, 1.807) is 17.8 Å². The quantitative estimate of drug-likeness (QED) is 0.407. The van der Waals surface area contributed by atoms with Crippen LogP contribution in [0.3, 0.4) is 0 Å². The van der Waals surface area contributed by atoms with Crippen molar-refractivity contribution in [2.24, 2.45) is 10.9 Å². The maximum absolute atomic E-state index is 13.5. The van der Waals surface area contributed by atoms with Crippen molar-refractivity contribution in [1.29, 1.82) is 0 Å². The van der Waals surface area contributed by atoms with Gasteiger partial charge < -0.3 is 35.4 Å². The minimum Gasteiger partial charge on any atom is -0.390 e. The first-order valence-electron chi connectivity index (χ1n) is 12.9. The van der Waals surface area contributed by atoms with Gasteiger partial charge in [-0.3, -0.25) is 4.57 Å². The molecule has 0 aromatic carbocycles. The summed E-state index contributed by atoms with van der Waals surface area (Å²) in [6.07, 6.45) is 2.32. The number of aliphatic hydroxyl groups excluding tert-OH is 2. The molecule has 3 fully saturated rings. The number of aliphatic hydroxyl groups is 3. The average Bonchev–Trinajstić information content (AvgIpc) is 3.32. The lowest BCUT2D eigenvalue weighted by Gasteiger charge is -2.34. The van der Waals surface area contributed by atoms with Crippen LogP contribution in [0.4, 0.5) is 16.2 Å². The second-order valence-corrected chi connectivity index (χ2v) is 10.9. The predicted molar refractivity (Wildman–Crippen MR) is 128 cm³/mol. The van der Waals surface area contributed by atoms with Crippen LogP contribution >= 0.6 is 0 Å². The molecular weight excluding hydrogens is 457 g/mol. The molecular formula is C24H38FN5O5. The van der Waals surface area contributed by atoms with Crippen LogP contribution in [0.15, 0.2) is 4.99 Å². The first-order chi connectivity index (χ1) is 16.7. The van der Waals surface area contributed by atoms with E-state index < -0.39 is 42.5 Å². The molecule has 1 saturated heterocycles. The summed E-state index contributed by atoms with van der Waals surface area (Å²) in [5, 5.41) is 38.0. The van der Waals surface area contributed by atoms with E-state index in [4.69, 9.17) is 14.5 Å². The maximum Gasteiger partial charge on any atom is 0.207 e. The molecule has 2 aliphatic heterocycles. The molecule has 0 spiro atoms. The number of anilines is 2. The van der Waals surface area contributed by atoms with Gasteiger partial charge in [0.05, 0.1) is 24.7 Å². The van der Waals surface area contributed by atoms with Crippen molar-refractivity contribution in [3.05, 3.63) is 5.69 Å². The Labute approximate surface area is 204 Å². The van der Waals surface area contributed by atoms with E-state index in [9.17, 15) is 19.7 Å². The highest BCUT2D eigenvalue weighted by atomic mass is 19.1. The number of rotatable bonds is 6. The van der Waals surface area contributed by atoms with Gasteiger partial charge in [-0.05, 0) is 71.1 Å². The highest BCUT2D eigenvalue weighted by molar-refractivity contribution is 5.79. The van der Waals surface area contributed by atoms with E-state index in [0.717, 1.165) is 25.7 Å². The zero-order chi connectivity index (χ0) is 24.7. The SMILES string of the molecule is C[C@H]1O[C@@H](n2c(NC3CCC(C)(O)CC3)nc3c2NC=NC3OCC2CCC(F)CC2)[C@H](O)[C@@H]1O. The minimum absolute atomic E-state index is 0.0925. The summed E-state index contributed by atoms with van der Waals surface area (Å²) in [6, 6.07) is 0.0925. The van der Waals surface area contributed by atoms with Crippen molar-refractivity contribution < 1.29 is 29.2 Å². The Hall–Kier alpha value is -1.79. The van der Waals surface area contributed by atoms with Gasteiger partial charge >= 0.3 is 0 Å². The lowest BCUT2D eigenvalue weighted by molar-refractivity contribution is -0.0301. The van der Waals surface area contributed by atoms with E-state index in [0.29, 0.717) is 55.7 Å². The van der Waals surface area contributed by atoms with Crippen LogP contribution in [0, 0.1) is 5.92 Å². The van der Waals surface area contributed by atoms with Crippen molar-refractivity contribution in [1.82, 2.24) is 9.55 Å². The molecule has 2 saturated carbocycles. The molecule has 5 rings (SSSR count). The molecule has 10 nitrogen and oxygen atoms in total. The number of nitrogens with zero attached hydrogens (tertiary/aromatic N) is 3. The van der Waals surface area contributed by atoms with Crippen LogP contribution in [0.1, 0.15) is 83.4 Å². The average molecular weight is 496 g/mol. The number of nitrogens with one attached hydrogen (secondary N) is 2. The normalized spacial score (nSPS) is 41.4. The van der Waals surface area contributed by atoms with Crippen LogP contribution in [-0.4, -0.2) is 73.9 Å². The van der Waals surface area contributed by atoms with Crippen LogP contribution < -0.4 is 10.6 Å². The second-order valence-electron chi connectivity index (χ2n) is 10.9. The second kappa shape index (κ2) is 9.93. The van der Waals surface area contributed by atoms with Gasteiger partial charge in [0.1, 0.15) is 29.9 Å². The third-order valence-corrected chi connectivity index (χ3v) is 7.98. The number of alkyl halides is 1. The summed E-state index contributed by atoms with van der Waals surface area (Å²) in [5.41, 5.74) is -0.0888. The summed E-state index contributed by atoms with van der Waals surface area (Å²) in [4.78, 5) is 9.27. The lowest BCUT2D eigenvalue weighted by atomic mass is 9.84. The zero-order valence-electron chi connectivity index (χ0n) is 20.4. The smallest absolute Gasteiger partial charge is 0.207 e. The van der Waals surface area contributed by atoms with Gasteiger partial charge in [0.2, 0.25) is 5.95 Å². The Morgan fingerprint density at radius 3 is 2.57 bits per heavy atom. The zero-order valence-corrected chi connectivity index (χ0v) is 20.4. The number of hydrogen-bond acceptors (Lipinski definition) is 9. The van der Waals surface area contributed by atoms with Crippen LogP contribution in [-0.2, 0) is 9.47 Å². The van der Waals surface area contributed by atoms with E-state index in [-0.39, 0.29) is 6.04 Å². The van der Waals surface area contributed by atoms with Gasteiger partial charge in [0.25, 0.3) is 0 Å². The summed E-state index contributed by atoms with van der Waals surface area (Å²) < 4.78 is 27.3. The topological polar surface area (TPSA) is 133 Å². The molecule has 0 radical (unpaired) electrons. The summed E-state index contributed by atoms with van der Waals surface area (Å²) in [6.45, 7) is 4.05. The van der Waals surface area contributed by atoms with Crippen LogP contribution in [0.25, 0.3) is 0 Å². The Morgan fingerprint density at radius 1 is 1.20 bits per heavy atom. The number of ether oxygens (including phenoxy) is 2. The molecule has 5 N–H and O–H groups in total. The number of aliphatic imine (C=N–C) groups is 1. The fourth-order valence-corrected chi connectivity index (χ4v) is 5.60. The highest BCUT2D eigenvalue weighted by Crippen LogP contribution is 2.41. The van der Waals surface area contributed by atoms with Gasteiger partial charge in [0.15, 0.2) is 12.5 Å². The molecule has 0 amide bonds. The maximum atomic E-state index is 13.5. The van der Waals surface area contributed by atoms with Crippen molar-refractivity contribution in [3.8, 4) is 0 Å². The Bertz CT molecular complexity index is 908. The van der Waals surface area contributed by atoms with E-state index >= 15 is 0 Å². The molecule has 3 heterocycles. The standard InChI is InChI=1S/C24H38FN5O5/c1-13-18(31)19(32)22(35-13)30-20-17(29-23(30)28-16-7-9-24(2,33)10-8-16)21(27-12-26-20)34-11-14-3-5-15(25)6-4-14/h12-16,18-19,21-22,31-33H,3-11H2,1-2H3,(H,26,27)(H,28,29)/t13-,14?,15?,16?,18-,19-,21?,22-,24?/m1/s1. The van der Waals surface area contributed by atoms with Crippen molar-refractivity contribution in [2.75, 3.05) is 17.2 Å². The number of hydrogen-bond donors (Lipinski definition) is 5. The number of aromatic nitrogens is 2. The molecule has 1 aromatic rings. The summed E-state index contributed by atoms with van der Waals surface area (Å²) in [5.74, 6) is 1.38. The molecule has 1 unspecified atom stereocenters. The molecule has 1 aromatic heterocycles. The van der Waals surface area contributed by atoms with Gasteiger partial charge in [-0.15, -0.1) is 0 Å².